The molecule has 2 heteroatoms. The summed E-state index contributed by atoms with van der Waals surface area (Å²) in [6.07, 6.45) is 2.92. The molecule has 2 rings (SSSR count). The molecule has 0 saturated carbocycles. The number of hydrogen-bond acceptors (Lipinski definition) is 1. The molecule has 0 aliphatic heterocycles. The lowest BCUT2D eigenvalue weighted by molar-refractivity contribution is -0.138. The summed E-state index contributed by atoms with van der Waals surface area (Å²) >= 11 is 0. The van der Waals surface area contributed by atoms with Crippen molar-refractivity contribution in [1.29, 1.82) is 0 Å². The SMILES string of the molecule is O=C(O)C[C@@H](CCc1ccccc1)Cc1ccccc1. The summed E-state index contributed by atoms with van der Waals surface area (Å²) in [4.78, 5) is 11.0. The van der Waals surface area contributed by atoms with Crippen LogP contribution in [0, 0.1) is 5.92 Å². The van der Waals surface area contributed by atoms with Gasteiger partial charge in [-0.25, -0.2) is 0 Å². The Morgan fingerprint density at radius 2 is 1.45 bits per heavy atom. The highest BCUT2D eigenvalue weighted by Crippen LogP contribution is 2.19. The van der Waals surface area contributed by atoms with Crippen LogP contribution in [-0.2, 0) is 17.6 Å². The number of aliphatic carboxylic acids is 1. The number of benzene rings is 2. The van der Waals surface area contributed by atoms with Gasteiger partial charge in [0.15, 0.2) is 0 Å². The Hall–Kier alpha value is -2.09. The fourth-order valence-corrected chi connectivity index (χ4v) is 2.49. The first-order valence-corrected chi connectivity index (χ1v) is 7.03. The van der Waals surface area contributed by atoms with Gasteiger partial charge in [-0.3, -0.25) is 4.79 Å². The second-order valence-corrected chi connectivity index (χ2v) is 5.18. The fraction of sp³-hybridized carbons (Fsp3) is 0.278. The van der Waals surface area contributed by atoms with Gasteiger partial charge in [0.05, 0.1) is 0 Å². The Morgan fingerprint density at radius 1 is 0.900 bits per heavy atom. The number of hydrogen-bond donors (Lipinski definition) is 1. The molecule has 0 fully saturated rings. The summed E-state index contributed by atoms with van der Waals surface area (Å²) in [5.74, 6) is -0.519. The van der Waals surface area contributed by atoms with Crippen molar-refractivity contribution in [3.05, 3.63) is 71.8 Å². The van der Waals surface area contributed by atoms with E-state index >= 15 is 0 Å². The average Bonchev–Trinajstić information content (AvgIpc) is 2.46. The van der Waals surface area contributed by atoms with Gasteiger partial charge in [-0.1, -0.05) is 60.7 Å². The molecule has 20 heavy (non-hydrogen) atoms. The minimum atomic E-state index is -0.709. The lowest BCUT2D eigenvalue weighted by Gasteiger charge is -2.15. The number of aryl methyl sites for hydroxylation is 1. The maximum absolute atomic E-state index is 11.0. The van der Waals surface area contributed by atoms with Crippen molar-refractivity contribution >= 4 is 5.97 Å². The first kappa shape index (κ1) is 14.3. The van der Waals surface area contributed by atoms with E-state index in [-0.39, 0.29) is 12.3 Å². The predicted molar refractivity (Wildman–Crippen MR) is 80.7 cm³/mol. The molecule has 0 amide bonds. The zero-order valence-electron chi connectivity index (χ0n) is 11.5. The largest absolute Gasteiger partial charge is 0.481 e. The van der Waals surface area contributed by atoms with Crippen LogP contribution in [0.1, 0.15) is 24.0 Å². The van der Waals surface area contributed by atoms with Gasteiger partial charge in [0.1, 0.15) is 0 Å². The van der Waals surface area contributed by atoms with E-state index in [1.807, 2.05) is 36.4 Å². The zero-order chi connectivity index (χ0) is 14.2. The maximum Gasteiger partial charge on any atom is 0.303 e. The third-order valence-electron chi connectivity index (χ3n) is 3.51. The molecule has 0 unspecified atom stereocenters. The van der Waals surface area contributed by atoms with Crippen molar-refractivity contribution in [3.63, 3.8) is 0 Å². The third-order valence-corrected chi connectivity index (χ3v) is 3.51. The molecule has 2 nitrogen and oxygen atoms in total. The molecule has 2 aromatic carbocycles. The number of carboxylic acids is 1. The van der Waals surface area contributed by atoms with E-state index in [2.05, 4.69) is 24.3 Å². The monoisotopic (exact) mass is 268 g/mol. The summed E-state index contributed by atoms with van der Waals surface area (Å²) in [5, 5.41) is 9.06. The smallest absolute Gasteiger partial charge is 0.303 e. The highest BCUT2D eigenvalue weighted by Gasteiger charge is 2.14. The topological polar surface area (TPSA) is 37.3 Å². The van der Waals surface area contributed by atoms with Crippen LogP contribution in [0.2, 0.25) is 0 Å². The highest BCUT2D eigenvalue weighted by atomic mass is 16.4. The number of carbonyl (C=O) groups is 1. The molecule has 0 bridgehead atoms. The molecular formula is C18H20O2. The summed E-state index contributed by atoms with van der Waals surface area (Å²) in [5.41, 5.74) is 2.49. The number of carboxylic acid groups (broad SMARTS) is 1. The van der Waals surface area contributed by atoms with E-state index in [1.54, 1.807) is 0 Å². The molecule has 0 heterocycles. The molecule has 2 aromatic rings. The van der Waals surface area contributed by atoms with Crippen LogP contribution in [0.15, 0.2) is 60.7 Å². The molecule has 1 N–H and O–H groups in total. The van der Waals surface area contributed by atoms with E-state index in [0.29, 0.717) is 0 Å². The Morgan fingerprint density at radius 3 is 2.00 bits per heavy atom. The van der Waals surface area contributed by atoms with Crippen molar-refractivity contribution in [3.8, 4) is 0 Å². The molecule has 0 aromatic heterocycles. The van der Waals surface area contributed by atoms with Crippen LogP contribution in [0.3, 0.4) is 0 Å². The molecule has 104 valence electrons. The van der Waals surface area contributed by atoms with E-state index < -0.39 is 5.97 Å². The van der Waals surface area contributed by atoms with Gasteiger partial charge in [-0.2, -0.15) is 0 Å². The van der Waals surface area contributed by atoms with Gasteiger partial charge in [0.2, 0.25) is 0 Å². The van der Waals surface area contributed by atoms with Crippen molar-refractivity contribution < 1.29 is 9.90 Å². The summed E-state index contributed by atoms with van der Waals surface area (Å²) in [6, 6.07) is 20.4. The van der Waals surface area contributed by atoms with Gasteiger partial charge in [0, 0.05) is 6.42 Å². The molecule has 0 aliphatic carbocycles. The standard InChI is InChI=1S/C18H20O2/c19-18(20)14-17(13-16-9-5-2-6-10-16)12-11-15-7-3-1-4-8-15/h1-10,17H,11-14H2,(H,19,20)/t17-/m0/s1. The van der Waals surface area contributed by atoms with Gasteiger partial charge < -0.3 is 5.11 Å². The molecule has 0 aliphatic rings. The molecule has 0 saturated heterocycles. The van der Waals surface area contributed by atoms with E-state index in [9.17, 15) is 4.79 Å². The summed E-state index contributed by atoms with van der Waals surface area (Å²) in [6.45, 7) is 0. The second-order valence-electron chi connectivity index (χ2n) is 5.18. The fourth-order valence-electron chi connectivity index (χ4n) is 2.49. The third kappa shape index (κ3) is 4.88. The van der Waals surface area contributed by atoms with Crippen molar-refractivity contribution in [1.82, 2.24) is 0 Å². The zero-order valence-corrected chi connectivity index (χ0v) is 11.5. The normalized spacial score (nSPS) is 12.0. The Labute approximate surface area is 120 Å². The lowest BCUT2D eigenvalue weighted by atomic mass is 9.90. The Bertz CT molecular complexity index is 520. The molecular weight excluding hydrogens is 248 g/mol. The van der Waals surface area contributed by atoms with E-state index in [4.69, 9.17) is 5.11 Å². The Balaban J connectivity index is 1.95. The molecule has 0 radical (unpaired) electrons. The first-order chi connectivity index (χ1) is 9.74. The van der Waals surface area contributed by atoms with Crippen LogP contribution < -0.4 is 0 Å². The summed E-state index contributed by atoms with van der Waals surface area (Å²) in [7, 11) is 0. The van der Waals surface area contributed by atoms with Crippen LogP contribution in [-0.4, -0.2) is 11.1 Å². The molecule has 1 atom stereocenters. The van der Waals surface area contributed by atoms with Crippen LogP contribution >= 0.6 is 0 Å². The van der Waals surface area contributed by atoms with Crippen LogP contribution in [0.25, 0.3) is 0 Å². The number of rotatable bonds is 7. The predicted octanol–water partition coefficient (Wildman–Crippen LogP) is 3.95. The van der Waals surface area contributed by atoms with E-state index in [0.717, 1.165) is 19.3 Å². The minimum Gasteiger partial charge on any atom is -0.481 e. The maximum atomic E-state index is 11.0. The van der Waals surface area contributed by atoms with Gasteiger partial charge in [0.25, 0.3) is 0 Å². The van der Waals surface area contributed by atoms with E-state index in [1.165, 1.54) is 11.1 Å². The van der Waals surface area contributed by atoms with Crippen molar-refractivity contribution in [2.75, 3.05) is 0 Å². The average molecular weight is 268 g/mol. The van der Waals surface area contributed by atoms with Crippen molar-refractivity contribution in [2.45, 2.75) is 25.7 Å². The second kappa shape index (κ2) is 7.49. The minimum absolute atomic E-state index is 0.190. The quantitative estimate of drug-likeness (QED) is 0.825. The van der Waals surface area contributed by atoms with Gasteiger partial charge in [-0.05, 0) is 36.3 Å². The van der Waals surface area contributed by atoms with Crippen LogP contribution in [0.5, 0.6) is 0 Å². The van der Waals surface area contributed by atoms with Gasteiger partial charge in [-0.15, -0.1) is 0 Å². The van der Waals surface area contributed by atoms with Crippen LogP contribution in [0.4, 0.5) is 0 Å². The van der Waals surface area contributed by atoms with Crippen molar-refractivity contribution in [2.24, 2.45) is 5.92 Å². The lowest BCUT2D eigenvalue weighted by Crippen LogP contribution is -2.12. The molecule has 0 spiro atoms. The Kier molecular flexibility index (Phi) is 5.36. The summed E-state index contributed by atoms with van der Waals surface area (Å²) < 4.78 is 0. The highest BCUT2D eigenvalue weighted by molar-refractivity contribution is 5.67. The van der Waals surface area contributed by atoms with Gasteiger partial charge >= 0.3 is 5.97 Å². The first-order valence-electron chi connectivity index (χ1n) is 7.03.